The van der Waals surface area contributed by atoms with E-state index in [1.807, 2.05) is 30.3 Å². The van der Waals surface area contributed by atoms with Gasteiger partial charge in [0, 0.05) is 6.54 Å². The molecule has 4 heteroatoms. The number of rotatable bonds is 9. The Hall–Kier alpha value is -1.39. The fourth-order valence-electron chi connectivity index (χ4n) is 1.79. The highest BCUT2D eigenvalue weighted by Crippen LogP contribution is 2.09. The van der Waals surface area contributed by atoms with Crippen LogP contribution in [0.3, 0.4) is 0 Å². The van der Waals surface area contributed by atoms with Crippen molar-refractivity contribution >= 4 is 5.97 Å². The van der Waals surface area contributed by atoms with Crippen LogP contribution in [0.15, 0.2) is 30.3 Å². The van der Waals surface area contributed by atoms with Crippen LogP contribution in [0.5, 0.6) is 0 Å². The van der Waals surface area contributed by atoms with Crippen molar-refractivity contribution in [2.24, 2.45) is 5.92 Å². The van der Waals surface area contributed by atoms with Crippen LogP contribution in [0.2, 0.25) is 0 Å². The lowest BCUT2D eigenvalue weighted by molar-refractivity contribution is -0.146. The van der Waals surface area contributed by atoms with E-state index in [0.717, 1.165) is 24.8 Å². The van der Waals surface area contributed by atoms with E-state index in [1.54, 1.807) is 0 Å². The average molecular weight is 265 g/mol. The lowest BCUT2D eigenvalue weighted by Gasteiger charge is -2.14. The van der Waals surface area contributed by atoms with Crippen molar-refractivity contribution in [1.29, 1.82) is 0 Å². The van der Waals surface area contributed by atoms with Crippen LogP contribution in [0, 0.1) is 5.92 Å². The molecule has 1 aromatic carbocycles. The van der Waals surface area contributed by atoms with Crippen LogP contribution in [0.4, 0.5) is 0 Å². The molecule has 0 aliphatic rings. The number of esters is 1. The van der Waals surface area contributed by atoms with Crippen molar-refractivity contribution < 1.29 is 14.4 Å². The van der Waals surface area contributed by atoms with Gasteiger partial charge in [0.1, 0.15) is 0 Å². The summed E-state index contributed by atoms with van der Waals surface area (Å²) in [5.41, 5.74) is 3.95. The van der Waals surface area contributed by atoms with Crippen molar-refractivity contribution in [1.82, 2.24) is 5.48 Å². The van der Waals surface area contributed by atoms with Gasteiger partial charge in [0.2, 0.25) is 0 Å². The molecule has 19 heavy (non-hydrogen) atoms. The second kappa shape index (κ2) is 9.53. The van der Waals surface area contributed by atoms with Crippen LogP contribution < -0.4 is 5.48 Å². The third-order valence-corrected chi connectivity index (χ3v) is 2.95. The Labute approximate surface area is 115 Å². The van der Waals surface area contributed by atoms with Gasteiger partial charge in [0.25, 0.3) is 0 Å². The first-order chi connectivity index (χ1) is 9.27. The molecule has 1 rings (SSSR count). The molecule has 0 bridgehead atoms. The minimum absolute atomic E-state index is 0.138. The SMILES string of the molecule is CCCCC(CNOCc1ccccc1)C(=O)OC. The van der Waals surface area contributed by atoms with E-state index in [0.29, 0.717) is 13.2 Å². The molecular formula is C15H23NO3. The van der Waals surface area contributed by atoms with Gasteiger partial charge in [-0.1, -0.05) is 50.1 Å². The number of carbonyl (C=O) groups excluding carboxylic acids is 1. The molecule has 0 aromatic heterocycles. The average Bonchev–Trinajstić information content (AvgIpc) is 2.47. The van der Waals surface area contributed by atoms with Gasteiger partial charge in [-0.2, -0.15) is 0 Å². The van der Waals surface area contributed by atoms with E-state index < -0.39 is 0 Å². The van der Waals surface area contributed by atoms with E-state index in [9.17, 15) is 4.79 Å². The number of carbonyl (C=O) groups is 1. The molecule has 0 radical (unpaired) electrons. The topological polar surface area (TPSA) is 47.6 Å². The molecule has 0 fully saturated rings. The number of hydroxylamine groups is 1. The molecule has 0 saturated heterocycles. The summed E-state index contributed by atoms with van der Waals surface area (Å²) in [5.74, 6) is -0.315. The van der Waals surface area contributed by atoms with Crippen molar-refractivity contribution in [3.63, 3.8) is 0 Å². The Morgan fingerprint density at radius 2 is 2.05 bits per heavy atom. The minimum atomic E-state index is -0.177. The number of methoxy groups -OCH3 is 1. The highest BCUT2D eigenvalue weighted by molar-refractivity contribution is 5.72. The first-order valence-corrected chi connectivity index (χ1v) is 6.74. The predicted octanol–water partition coefficient (Wildman–Crippen LogP) is 2.69. The Balaban J connectivity index is 2.25. The van der Waals surface area contributed by atoms with E-state index in [-0.39, 0.29) is 11.9 Å². The summed E-state index contributed by atoms with van der Waals surface area (Å²) in [7, 11) is 1.42. The minimum Gasteiger partial charge on any atom is -0.469 e. The molecular weight excluding hydrogens is 242 g/mol. The molecule has 4 nitrogen and oxygen atoms in total. The largest absolute Gasteiger partial charge is 0.469 e. The molecule has 1 aromatic rings. The standard InChI is InChI=1S/C15H23NO3/c1-3-4-10-14(15(17)18-2)11-16-19-12-13-8-6-5-7-9-13/h5-9,14,16H,3-4,10-12H2,1-2H3. The number of hydrogen-bond donors (Lipinski definition) is 1. The zero-order chi connectivity index (χ0) is 13.9. The second-order valence-electron chi connectivity index (χ2n) is 4.49. The van der Waals surface area contributed by atoms with Gasteiger partial charge < -0.3 is 4.74 Å². The van der Waals surface area contributed by atoms with Gasteiger partial charge in [0.05, 0.1) is 19.6 Å². The molecule has 1 unspecified atom stereocenters. The smallest absolute Gasteiger partial charge is 0.310 e. The van der Waals surface area contributed by atoms with E-state index >= 15 is 0 Å². The quantitative estimate of drug-likeness (QED) is 0.423. The van der Waals surface area contributed by atoms with Crippen molar-refractivity contribution in [3.8, 4) is 0 Å². The van der Waals surface area contributed by atoms with E-state index in [2.05, 4.69) is 12.4 Å². The predicted molar refractivity (Wildman–Crippen MR) is 74.3 cm³/mol. The maximum atomic E-state index is 11.6. The van der Waals surface area contributed by atoms with Crippen LogP contribution in [0.1, 0.15) is 31.7 Å². The Kier molecular flexibility index (Phi) is 7.86. The summed E-state index contributed by atoms with van der Waals surface area (Å²) >= 11 is 0. The van der Waals surface area contributed by atoms with Crippen molar-refractivity contribution in [2.75, 3.05) is 13.7 Å². The summed E-state index contributed by atoms with van der Waals surface area (Å²) in [6.07, 6.45) is 2.91. The molecule has 0 spiro atoms. The highest BCUT2D eigenvalue weighted by Gasteiger charge is 2.18. The molecule has 0 amide bonds. The Morgan fingerprint density at radius 3 is 2.68 bits per heavy atom. The maximum Gasteiger partial charge on any atom is 0.310 e. The van der Waals surface area contributed by atoms with Crippen LogP contribution in [0.25, 0.3) is 0 Å². The van der Waals surface area contributed by atoms with Gasteiger partial charge in [-0.15, -0.1) is 0 Å². The Bertz CT molecular complexity index is 354. The molecule has 0 aliphatic carbocycles. The van der Waals surface area contributed by atoms with Gasteiger partial charge in [0.15, 0.2) is 0 Å². The van der Waals surface area contributed by atoms with Crippen molar-refractivity contribution in [3.05, 3.63) is 35.9 Å². The van der Waals surface area contributed by atoms with Crippen LogP contribution in [-0.4, -0.2) is 19.6 Å². The summed E-state index contributed by atoms with van der Waals surface area (Å²) < 4.78 is 4.79. The van der Waals surface area contributed by atoms with Crippen molar-refractivity contribution in [2.45, 2.75) is 32.8 Å². The molecule has 1 atom stereocenters. The molecule has 0 heterocycles. The number of benzene rings is 1. The third-order valence-electron chi connectivity index (χ3n) is 2.95. The zero-order valence-corrected chi connectivity index (χ0v) is 11.7. The summed E-state index contributed by atoms with van der Waals surface area (Å²) in [6, 6.07) is 9.90. The first-order valence-electron chi connectivity index (χ1n) is 6.74. The number of ether oxygens (including phenoxy) is 1. The van der Waals surface area contributed by atoms with E-state index in [4.69, 9.17) is 9.57 Å². The van der Waals surface area contributed by atoms with Gasteiger partial charge in [-0.05, 0) is 12.0 Å². The van der Waals surface area contributed by atoms with Crippen LogP contribution >= 0.6 is 0 Å². The third kappa shape index (κ3) is 6.36. The first kappa shape index (κ1) is 15.7. The number of nitrogens with one attached hydrogen (secondary N) is 1. The number of unbranched alkanes of at least 4 members (excludes halogenated alkanes) is 1. The molecule has 106 valence electrons. The van der Waals surface area contributed by atoms with Gasteiger partial charge in [-0.25, -0.2) is 5.48 Å². The fraction of sp³-hybridized carbons (Fsp3) is 0.533. The normalized spacial score (nSPS) is 12.1. The monoisotopic (exact) mass is 265 g/mol. The van der Waals surface area contributed by atoms with Gasteiger partial charge >= 0.3 is 5.97 Å². The molecule has 1 N–H and O–H groups in total. The summed E-state index contributed by atoms with van der Waals surface area (Å²) in [6.45, 7) is 3.08. The highest BCUT2D eigenvalue weighted by atomic mass is 16.6. The second-order valence-corrected chi connectivity index (χ2v) is 4.49. The summed E-state index contributed by atoms with van der Waals surface area (Å²) in [4.78, 5) is 16.9. The number of hydrogen-bond acceptors (Lipinski definition) is 4. The van der Waals surface area contributed by atoms with Gasteiger partial charge in [-0.3, -0.25) is 9.63 Å². The Morgan fingerprint density at radius 1 is 1.32 bits per heavy atom. The fourth-order valence-corrected chi connectivity index (χ4v) is 1.79. The lowest BCUT2D eigenvalue weighted by Crippen LogP contribution is -2.29. The lowest BCUT2D eigenvalue weighted by atomic mass is 10.0. The summed E-state index contributed by atoms with van der Waals surface area (Å²) in [5, 5.41) is 0. The van der Waals surface area contributed by atoms with E-state index in [1.165, 1.54) is 7.11 Å². The molecule has 0 saturated carbocycles. The zero-order valence-electron chi connectivity index (χ0n) is 11.7. The van der Waals surface area contributed by atoms with Crippen LogP contribution in [-0.2, 0) is 21.0 Å². The maximum absolute atomic E-state index is 11.6. The molecule has 0 aliphatic heterocycles.